The Kier molecular flexibility index (Phi) is 9.93. The van der Waals surface area contributed by atoms with Crippen LogP contribution in [0.25, 0.3) is 5.70 Å². The number of sulfonamides is 1. The van der Waals surface area contributed by atoms with E-state index in [1.807, 2.05) is 24.4 Å². The van der Waals surface area contributed by atoms with Crippen molar-refractivity contribution in [2.24, 2.45) is 11.5 Å². The molecule has 2 aromatic carbocycles. The summed E-state index contributed by atoms with van der Waals surface area (Å²) in [6.45, 7) is 5.60. The molecular formula is C30H42N8O3S. The van der Waals surface area contributed by atoms with Crippen molar-refractivity contribution in [3.63, 3.8) is 0 Å². The van der Waals surface area contributed by atoms with Crippen molar-refractivity contribution in [1.82, 2.24) is 25.6 Å². The van der Waals surface area contributed by atoms with Crippen molar-refractivity contribution >= 4 is 27.4 Å². The SMILES string of the molecule is NCCCN(CCCN)Cc1ccc(N2C=C3C=C(c4ccc(S(=O)(=O)NC5CCNCC5)cc4)NC3NC2=O)cc1. The van der Waals surface area contributed by atoms with Gasteiger partial charge in [0.05, 0.1) is 10.6 Å². The Morgan fingerprint density at radius 1 is 0.929 bits per heavy atom. The molecule has 0 aliphatic carbocycles. The number of fused-ring (bicyclic) bond motifs is 1. The van der Waals surface area contributed by atoms with Crippen LogP contribution >= 0.6 is 0 Å². The number of anilines is 1. The molecule has 0 saturated carbocycles. The van der Waals surface area contributed by atoms with Crippen LogP contribution in [-0.2, 0) is 16.6 Å². The first kappa shape index (κ1) is 30.2. The fourth-order valence-electron chi connectivity index (χ4n) is 5.48. The van der Waals surface area contributed by atoms with E-state index >= 15 is 0 Å². The van der Waals surface area contributed by atoms with Crippen molar-refractivity contribution in [2.45, 2.75) is 49.3 Å². The molecule has 1 atom stereocenters. The summed E-state index contributed by atoms with van der Waals surface area (Å²) in [7, 11) is -3.59. The number of hydrogen-bond donors (Lipinski definition) is 6. The van der Waals surface area contributed by atoms with E-state index < -0.39 is 10.0 Å². The zero-order valence-corrected chi connectivity index (χ0v) is 24.7. The maximum atomic E-state index is 13.0. The van der Waals surface area contributed by atoms with Gasteiger partial charge in [-0.25, -0.2) is 17.9 Å². The molecule has 3 aliphatic rings. The molecule has 2 aromatic rings. The van der Waals surface area contributed by atoms with Crippen LogP contribution in [-0.4, -0.2) is 70.8 Å². The molecule has 5 rings (SSSR count). The molecule has 1 fully saturated rings. The van der Waals surface area contributed by atoms with Gasteiger partial charge >= 0.3 is 6.03 Å². The molecule has 11 nitrogen and oxygen atoms in total. The van der Waals surface area contributed by atoms with Crippen LogP contribution in [0.4, 0.5) is 10.5 Å². The van der Waals surface area contributed by atoms with Crippen LogP contribution < -0.4 is 37.0 Å². The van der Waals surface area contributed by atoms with Crippen molar-refractivity contribution in [2.75, 3.05) is 44.2 Å². The van der Waals surface area contributed by atoms with Gasteiger partial charge in [-0.3, -0.25) is 9.80 Å². The Bertz CT molecular complexity index is 1380. The van der Waals surface area contributed by atoms with Gasteiger partial charge in [-0.15, -0.1) is 0 Å². The van der Waals surface area contributed by atoms with Gasteiger partial charge in [0.2, 0.25) is 10.0 Å². The minimum absolute atomic E-state index is 0.0506. The molecule has 1 unspecified atom stereocenters. The molecule has 0 bridgehead atoms. The largest absolute Gasteiger partial charge is 0.361 e. The molecule has 0 radical (unpaired) electrons. The maximum absolute atomic E-state index is 13.0. The zero-order chi connectivity index (χ0) is 29.5. The predicted molar refractivity (Wildman–Crippen MR) is 166 cm³/mol. The topological polar surface area (TPSA) is 158 Å². The lowest BCUT2D eigenvalue weighted by Crippen LogP contribution is -2.51. The number of carbonyl (C=O) groups is 1. The molecule has 42 heavy (non-hydrogen) atoms. The Labute approximate surface area is 248 Å². The third-order valence-electron chi connectivity index (χ3n) is 7.82. The summed E-state index contributed by atoms with van der Waals surface area (Å²) in [5.74, 6) is 0. The number of nitrogens with zero attached hydrogens (tertiary/aromatic N) is 2. The van der Waals surface area contributed by atoms with E-state index in [9.17, 15) is 13.2 Å². The number of benzene rings is 2. The molecule has 2 amide bonds. The molecular weight excluding hydrogens is 552 g/mol. The third kappa shape index (κ3) is 7.38. The predicted octanol–water partition coefficient (Wildman–Crippen LogP) is 1.60. The monoisotopic (exact) mass is 594 g/mol. The van der Waals surface area contributed by atoms with Crippen LogP contribution in [0.1, 0.15) is 36.8 Å². The molecule has 8 N–H and O–H groups in total. The highest BCUT2D eigenvalue weighted by molar-refractivity contribution is 7.89. The second kappa shape index (κ2) is 13.8. The Morgan fingerprint density at radius 3 is 2.24 bits per heavy atom. The summed E-state index contributed by atoms with van der Waals surface area (Å²) in [6, 6.07) is 14.6. The van der Waals surface area contributed by atoms with Crippen LogP contribution in [0.15, 0.2) is 71.3 Å². The van der Waals surface area contributed by atoms with Crippen LogP contribution in [0.5, 0.6) is 0 Å². The maximum Gasteiger partial charge on any atom is 0.327 e. The van der Waals surface area contributed by atoms with Gasteiger partial charge in [0.1, 0.15) is 6.17 Å². The normalized spacial score (nSPS) is 19.3. The van der Waals surface area contributed by atoms with Crippen molar-refractivity contribution in [3.05, 3.63) is 77.5 Å². The number of hydrogen-bond acceptors (Lipinski definition) is 8. The summed E-state index contributed by atoms with van der Waals surface area (Å²) >= 11 is 0. The highest BCUT2D eigenvalue weighted by Gasteiger charge is 2.31. The average molecular weight is 595 g/mol. The lowest BCUT2D eigenvalue weighted by atomic mass is 10.1. The summed E-state index contributed by atoms with van der Waals surface area (Å²) in [4.78, 5) is 17.2. The average Bonchev–Trinajstić information content (AvgIpc) is 3.41. The Hall–Kier alpha value is -3.26. The summed E-state index contributed by atoms with van der Waals surface area (Å²) in [5.41, 5.74) is 15.9. The summed E-state index contributed by atoms with van der Waals surface area (Å²) < 4.78 is 28.6. The van der Waals surface area contributed by atoms with Gasteiger partial charge in [-0.2, -0.15) is 0 Å². The standard InChI is InChI=1S/C30H42N8O3S/c31-13-1-17-37(18-2-14-32)20-22-3-7-26(8-4-22)38-21-24-19-28(34-29(24)35-30(38)39)23-5-9-27(10-6-23)42(40,41)36-25-11-15-33-16-12-25/h3-10,19,21,25,29,33-34,36H,1-2,11-18,20,31-32H2,(H,35,39). The van der Waals surface area contributed by atoms with Gasteiger partial charge in [-0.05, 0) is 106 Å². The molecule has 3 heterocycles. The summed E-state index contributed by atoms with van der Waals surface area (Å²) in [5, 5.41) is 9.60. The minimum atomic E-state index is -3.59. The highest BCUT2D eigenvalue weighted by atomic mass is 32.2. The number of piperidine rings is 1. The summed E-state index contributed by atoms with van der Waals surface area (Å²) in [6.07, 6.45) is 6.90. The Balaban J connectivity index is 1.25. The van der Waals surface area contributed by atoms with E-state index in [-0.39, 0.29) is 23.1 Å². The fourth-order valence-corrected chi connectivity index (χ4v) is 6.79. The first-order valence-corrected chi connectivity index (χ1v) is 16.2. The molecule has 3 aliphatic heterocycles. The number of rotatable bonds is 13. The van der Waals surface area contributed by atoms with Gasteiger partial charge in [0.25, 0.3) is 0 Å². The Morgan fingerprint density at radius 2 is 1.60 bits per heavy atom. The fraction of sp³-hybridized carbons (Fsp3) is 0.433. The van der Waals surface area contributed by atoms with Gasteiger partial charge < -0.3 is 27.4 Å². The quantitative estimate of drug-likeness (QED) is 0.204. The second-order valence-electron chi connectivity index (χ2n) is 11.0. The van der Waals surface area contributed by atoms with E-state index in [1.165, 1.54) is 0 Å². The van der Waals surface area contributed by atoms with Gasteiger partial charge in [0.15, 0.2) is 0 Å². The van der Waals surface area contributed by atoms with Crippen molar-refractivity contribution in [1.29, 1.82) is 0 Å². The van der Waals surface area contributed by atoms with Crippen molar-refractivity contribution in [3.8, 4) is 0 Å². The third-order valence-corrected chi connectivity index (χ3v) is 9.36. The molecule has 1 saturated heterocycles. The lowest BCUT2D eigenvalue weighted by molar-refractivity contribution is 0.244. The molecule has 0 aromatic heterocycles. The van der Waals surface area contributed by atoms with Crippen LogP contribution in [0.3, 0.4) is 0 Å². The van der Waals surface area contributed by atoms with Gasteiger partial charge in [0, 0.05) is 30.1 Å². The number of carbonyl (C=O) groups excluding carboxylic acids is 1. The first-order valence-electron chi connectivity index (χ1n) is 14.7. The highest BCUT2D eigenvalue weighted by Crippen LogP contribution is 2.29. The van der Waals surface area contributed by atoms with E-state index in [2.05, 4.69) is 37.7 Å². The molecule has 226 valence electrons. The number of nitrogens with two attached hydrogens (primary N) is 2. The minimum Gasteiger partial charge on any atom is -0.361 e. The lowest BCUT2D eigenvalue weighted by Gasteiger charge is -2.29. The number of urea groups is 1. The smallest absolute Gasteiger partial charge is 0.327 e. The van der Waals surface area contributed by atoms with Crippen LogP contribution in [0.2, 0.25) is 0 Å². The van der Waals surface area contributed by atoms with E-state index in [4.69, 9.17) is 11.5 Å². The van der Waals surface area contributed by atoms with E-state index in [0.29, 0.717) is 13.1 Å². The van der Waals surface area contributed by atoms with E-state index in [1.54, 1.807) is 29.2 Å². The number of nitrogens with one attached hydrogen (secondary N) is 4. The van der Waals surface area contributed by atoms with E-state index in [0.717, 1.165) is 86.5 Å². The first-order chi connectivity index (χ1) is 20.4. The molecule has 0 spiro atoms. The van der Waals surface area contributed by atoms with Gasteiger partial charge in [-0.1, -0.05) is 24.3 Å². The van der Waals surface area contributed by atoms with Crippen molar-refractivity contribution < 1.29 is 13.2 Å². The number of amides is 2. The molecule has 12 heteroatoms. The second-order valence-corrected chi connectivity index (χ2v) is 12.7. The zero-order valence-electron chi connectivity index (χ0n) is 23.9. The van der Waals surface area contributed by atoms with Crippen LogP contribution in [0, 0.1) is 0 Å².